The lowest BCUT2D eigenvalue weighted by Gasteiger charge is -2.06. The Hall–Kier alpha value is -0.0600. The zero-order valence-corrected chi connectivity index (χ0v) is 13.4. The first kappa shape index (κ1) is 13.9. The van der Waals surface area contributed by atoms with Crippen molar-refractivity contribution in [1.29, 1.82) is 0 Å². The van der Waals surface area contributed by atoms with Crippen LogP contribution in [0.5, 0.6) is 0 Å². The molecule has 1 unspecified atom stereocenters. The number of aliphatic hydroxyl groups is 1. The number of rotatable bonds is 2. The first-order chi connectivity index (χ1) is 9.15. The number of aliphatic hydroxyl groups excluding tert-OH is 1. The molecule has 2 aromatic heterocycles. The third kappa shape index (κ3) is 2.86. The monoisotopic (exact) mass is 332 g/mol. The number of hydrogen-bond acceptors (Lipinski definition) is 3. The van der Waals surface area contributed by atoms with Crippen molar-refractivity contribution in [3.8, 4) is 0 Å². The van der Waals surface area contributed by atoms with Gasteiger partial charge in [-0.05, 0) is 43.4 Å². The molecule has 2 heterocycles. The van der Waals surface area contributed by atoms with Gasteiger partial charge in [0.05, 0.1) is 4.34 Å². The van der Waals surface area contributed by atoms with Gasteiger partial charge in [0.25, 0.3) is 0 Å². The van der Waals surface area contributed by atoms with Gasteiger partial charge in [0.2, 0.25) is 0 Å². The van der Waals surface area contributed by atoms with E-state index in [4.69, 9.17) is 23.2 Å². The minimum absolute atomic E-state index is 0.584. The maximum absolute atomic E-state index is 10.5. The van der Waals surface area contributed by atoms with Gasteiger partial charge in [0.15, 0.2) is 0 Å². The molecule has 2 aromatic rings. The van der Waals surface area contributed by atoms with Crippen LogP contribution >= 0.6 is 45.9 Å². The highest BCUT2D eigenvalue weighted by Crippen LogP contribution is 2.40. The molecule has 5 heteroatoms. The van der Waals surface area contributed by atoms with Crippen LogP contribution in [0.25, 0.3) is 0 Å². The lowest BCUT2D eigenvalue weighted by Crippen LogP contribution is -1.95. The zero-order valence-electron chi connectivity index (χ0n) is 10.3. The van der Waals surface area contributed by atoms with Crippen LogP contribution in [0.3, 0.4) is 0 Å². The van der Waals surface area contributed by atoms with Crippen molar-refractivity contribution in [2.24, 2.45) is 0 Å². The Kier molecular flexibility index (Phi) is 4.20. The highest BCUT2D eigenvalue weighted by molar-refractivity contribution is 7.20. The number of thiophene rings is 2. The van der Waals surface area contributed by atoms with E-state index in [1.54, 1.807) is 17.4 Å². The summed E-state index contributed by atoms with van der Waals surface area (Å²) in [5, 5.41) is 10.5. The maximum Gasteiger partial charge on any atom is 0.116 e. The highest BCUT2D eigenvalue weighted by Gasteiger charge is 2.21. The van der Waals surface area contributed by atoms with Crippen LogP contribution in [0, 0.1) is 0 Å². The average molecular weight is 333 g/mol. The van der Waals surface area contributed by atoms with Gasteiger partial charge in [-0.3, -0.25) is 0 Å². The smallest absolute Gasteiger partial charge is 0.116 e. The summed E-state index contributed by atoms with van der Waals surface area (Å²) in [5.74, 6) is 0. The molecule has 0 spiro atoms. The summed E-state index contributed by atoms with van der Waals surface area (Å²) in [6.07, 6.45) is 5.46. The SMILES string of the molecule is OC(c1cc2c(s1)CCCCC2)c1cc(Cl)sc1Cl. The van der Waals surface area contributed by atoms with Crippen molar-refractivity contribution in [2.75, 3.05) is 0 Å². The van der Waals surface area contributed by atoms with Gasteiger partial charge >= 0.3 is 0 Å². The lowest BCUT2D eigenvalue weighted by molar-refractivity contribution is 0.224. The largest absolute Gasteiger partial charge is 0.383 e. The van der Waals surface area contributed by atoms with Gasteiger partial charge in [0, 0.05) is 15.3 Å². The molecule has 19 heavy (non-hydrogen) atoms. The van der Waals surface area contributed by atoms with E-state index in [-0.39, 0.29) is 0 Å². The summed E-state index contributed by atoms with van der Waals surface area (Å²) >= 11 is 15.1. The van der Waals surface area contributed by atoms with Crippen molar-refractivity contribution in [3.05, 3.63) is 41.7 Å². The molecule has 1 atom stereocenters. The van der Waals surface area contributed by atoms with Crippen molar-refractivity contribution >= 4 is 45.9 Å². The van der Waals surface area contributed by atoms with Crippen molar-refractivity contribution in [3.63, 3.8) is 0 Å². The number of hydrogen-bond donors (Lipinski definition) is 1. The van der Waals surface area contributed by atoms with Gasteiger partial charge in [-0.15, -0.1) is 22.7 Å². The Bertz CT molecular complexity index is 565. The summed E-state index contributed by atoms with van der Waals surface area (Å²) in [7, 11) is 0. The van der Waals surface area contributed by atoms with E-state index in [9.17, 15) is 5.11 Å². The summed E-state index contributed by atoms with van der Waals surface area (Å²) in [6.45, 7) is 0. The first-order valence-electron chi connectivity index (χ1n) is 6.39. The molecule has 0 radical (unpaired) electrons. The second-order valence-corrected chi connectivity index (χ2v) is 8.29. The highest BCUT2D eigenvalue weighted by atomic mass is 35.5. The zero-order chi connectivity index (χ0) is 13.4. The average Bonchev–Trinajstić information content (AvgIpc) is 2.85. The molecular weight excluding hydrogens is 319 g/mol. The first-order valence-corrected chi connectivity index (χ1v) is 8.78. The third-order valence-electron chi connectivity index (χ3n) is 3.51. The van der Waals surface area contributed by atoms with Crippen molar-refractivity contribution < 1.29 is 5.11 Å². The Morgan fingerprint density at radius 1 is 1.05 bits per heavy atom. The molecule has 0 amide bonds. The summed E-state index contributed by atoms with van der Waals surface area (Å²) in [6, 6.07) is 3.92. The van der Waals surface area contributed by atoms with Gasteiger partial charge < -0.3 is 5.11 Å². The minimum Gasteiger partial charge on any atom is -0.383 e. The standard InChI is InChI=1S/C14H14Cl2OS2/c15-12-7-9(14(16)19-12)13(17)11-6-8-4-2-1-3-5-10(8)18-11/h6-7,13,17H,1-5H2. The number of aryl methyl sites for hydroxylation is 2. The summed E-state index contributed by atoms with van der Waals surface area (Å²) < 4.78 is 1.21. The Morgan fingerprint density at radius 2 is 1.84 bits per heavy atom. The fourth-order valence-corrected chi connectivity index (χ4v) is 5.30. The molecule has 3 rings (SSSR count). The van der Waals surface area contributed by atoms with Gasteiger partial charge in [0.1, 0.15) is 10.4 Å². The Labute approximate surface area is 130 Å². The van der Waals surface area contributed by atoms with Crippen LogP contribution < -0.4 is 0 Å². The van der Waals surface area contributed by atoms with Crippen LogP contribution in [0.2, 0.25) is 8.67 Å². The maximum atomic E-state index is 10.5. The third-order valence-corrected chi connectivity index (χ3v) is 6.32. The fraction of sp³-hybridized carbons (Fsp3) is 0.429. The Morgan fingerprint density at radius 3 is 2.58 bits per heavy atom. The van der Waals surface area contributed by atoms with E-state index in [2.05, 4.69) is 6.07 Å². The lowest BCUT2D eigenvalue weighted by atomic mass is 10.1. The molecule has 0 aromatic carbocycles. The number of halogens is 2. The van der Waals surface area contributed by atoms with Crippen LogP contribution in [0.4, 0.5) is 0 Å². The van der Waals surface area contributed by atoms with Crippen LogP contribution in [-0.2, 0) is 12.8 Å². The molecule has 0 saturated heterocycles. The van der Waals surface area contributed by atoms with Crippen molar-refractivity contribution in [1.82, 2.24) is 0 Å². The van der Waals surface area contributed by atoms with Crippen LogP contribution in [0.15, 0.2) is 12.1 Å². The molecule has 0 saturated carbocycles. The molecule has 1 aliphatic carbocycles. The van der Waals surface area contributed by atoms with Gasteiger partial charge in [-0.1, -0.05) is 29.6 Å². The summed E-state index contributed by atoms with van der Waals surface area (Å²) in [4.78, 5) is 2.42. The second kappa shape index (κ2) is 5.74. The molecule has 1 nitrogen and oxygen atoms in total. The minimum atomic E-state index is -0.645. The van der Waals surface area contributed by atoms with E-state index in [1.165, 1.54) is 41.0 Å². The topological polar surface area (TPSA) is 20.2 Å². The van der Waals surface area contributed by atoms with Crippen molar-refractivity contribution in [2.45, 2.75) is 38.2 Å². The molecule has 0 fully saturated rings. The van der Waals surface area contributed by atoms with Crippen LogP contribution in [-0.4, -0.2) is 5.11 Å². The molecule has 1 aliphatic rings. The molecule has 102 valence electrons. The van der Waals surface area contributed by atoms with E-state index in [0.717, 1.165) is 23.3 Å². The van der Waals surface area contributed by atoms with E-state index < -0.39 is 6.10 Å². The molecule has 1 N–H and O–H groups in total. The predicted molar refractivity (Wildman–Crippen MR) is 84.0 cm³/mol. The summed E-state index contributed by atoms with van der Waals surface area (Å²) in [5.41, 5.74) is 2.14. The normalized spacial score (nSPS) is 17.0. The van der Waals surface area contributed by atoms with Crippen LogP contribution in [0.1, 0.15) is 46.2 Å². The molecular formula is C14H14Cl2OS2. The quantitative estimate of drug-likeness (QED) is 0.723. The van der Waals surface area contributed by atoms with E-state index in [1.807, 2.05) is 0 Å². The molecule has 0 bridgehead atoms. The van der Waals surface area contributed by atoms with Gasteiger partial charge in [-0.2, -0.15) is 0 Å². The van der Waals surface area contributed by atoms with E-state index in [0.29, 0.717) is 8.67 Å². The second-order valence-electron chi connectivity index (χ2n) is 4.84. The molecule has 0 aliphatic heterocycles. The van der Waals surface area contributed by atoms with E-state index >= 15 is 0 Å². The van der Waals surface area contributed by atoms with Gasteiger partial charge in [-0.25, -0.2) is 0 Å². The Balaban J connectivity index is 1.92. The number of fused-ring (bicyclic) bond motifs is 1. The predicted octanol–water partition coefficient (Wildman–Crippen LogP) is 5.47. The fourth-order valence-electron chi connectivity index (χ4n) is 2.52.